The van der Waals surface area contributed by atoms with Gasteiger partial charge in [0.2, 0.25) is 0 Å². The average Bonchev–Trinajstić information content (AvgIpc) is 2.77. The molecule has 94 valence electrons. The van der Waals surface area contributed by atoms with Gasteiger partial charge >= 0.3 is 5.97 Å². The highest BCUT2D eigenvalue weighted by atomic mass is 35.5. The molecule has 6 nitrogen and oxygen atoms in total. The molecular weight excluding hydrogens is 256 g/mol. The van der Waals surface area contributed by atoms with Crippen molar-refractivity contribution >= 4 is 17.6 Å². The molecule has 0 saturated heterocycles. The van der Waals surface area contributed by atoms with Crippen LogP contribution in [0.4, 0.5) is 0 Å². The number of aromatic nitrogens is 4. The number of hydrogen-bond donors (Lipinski definition) is 1. The minimum atomic E-state index is -1.02. The molecule has 18 heavy (non-hydrogen) atoms. The maximum atomic E-state index is 10.8. The topological polar surface area (TPSA) is 80.9 Å². The van der Waals surface area contributed by atoms with Crippen LogP contribution in [0.3, 0.4) is 0 Å². The second kappa shape index (κ2) is 4.73. The fourth-order valence-electron chi connectivity index (χ4n) is 1.54. The van der Waals surface area contributed by atoms with Gasteiger partial charge in [0.1, 0.15) is 0 Å². The summed E-state index contributed by atoms with van der Waals surface area (Å²) in [6.07, 6.45) is 0. The Hall–Kier alpha value is -1.95. The minimum Gasteiger partial charge on any atom is -0.478 e. The predicted octanol–water partition coefficient (Wildman–Crippen LogP) is 2.14. The van der Waals surface area contributed by atoms with E-state index >= 15 is 0 Å². The van der Waals surface area contributed by atoms with Crippen molar-refractivity contribution < 1.29 is 9.90 Å². The summed E-state index contributed by atoms with van der Waals surface area (Å²) in [5, 5.41) is 20.6. The molecule has 0 aliphatic heterocycles. The molecule has 7 heteroatoms. The number of nitrogens with zero attached hydrogens (tertiary/aromatic N) is 4. The van der Waals surface area contributed by atoms with Gasteiger partial charge in [0, 0.05) is 5.92 Å². The molecule has 0 saturated carbocycles. The third-order valence-corrected chi connectivity index (χ3v) is 2.74. The molecule has 0 fully saturated rings. The monoisotopic (exact) mass is 266 g/mol. The van der Waals surface area contributed by atoms with Crippen molar-refractivity contribution in [1.82, 2.24) is 20.2 Å². The first-order chi connectivity index (χ1) is 8.50. The van der Waals surface area contributed by atoms with E-state index in [1.807, 2.05) is 13.8 Å². The summed E-state index contributed by atoms with van der Waals surface area (Å²) in [6.45, 7) is 3.92. The number of hydrogen-bond acceptors (Lipinski definition) is 4. The van der Waals surface area contributed by atoms with Gasteiger partial charge in [-0.3, -0.25) is 0 Å². The molecule has 0 bridgehead atoms. The Bertz CT molecular complexity index is 594. The number of rotatable bonds is 3. The molecule has 0 aliphatic carbocycles. The highest BCUT2D eigenvalue weighted by Crippen LogP contribution is 2.24. The summed E-state index contributed by atoms with van der Waals surface area (Å²) in [4.78, 5) is 10.8. The van der Waals surface area contributed by atoms with Crippen molar-refractivity contribution in [2.75, 3.05) is 0 Å². The van der Waals surface area contributed by atoms with E-state index in [0.29, 0.717) is 16.5 Å². The Morgan fingerprint density at radius 1 is 1.44 bits per heavy atom. The van der Waals surface area contributed by atoms with Gasteiger partial charge in [0.05, 0.1) is 16.3 Å². The van der Waals surface area contributed by atoms with Gasteiger partial charge in [-0.15, -0.1) is 5.10 Å². The first-order valence-electron chi connectivity index (χ1n) is 5.32. The van der Waals surface area contributed by atoms with Crippen LogP contribution in [-0.2, 0) is 0 Å². The molecule has 0 radical (unpaired) electrons. The van der Waals surface area contributed by atoms with Gasteiger partial charge in [-0.25, -0.2) is 4.79 Å². The van der Waals surface area contributed by atoms with Crippen LogP contribution >= 0.6 is 11.6 Å². The van der Waals surface area contributed by atoms with Gasteiger partial charge in [0.25, 0.3) is 0 Å². The smallest absolute Gasteiger partial charge is 0.335 e. The van der Waals surface area contributed by atoms with E-state index in [1.54, 1.807) is 6.07 Å². The van der Waals surface area contributed by atoms with Crippen molar-refractivity contribution in [3.05, 3.63) is 34.6 Å². The summed E-state index contributed by atoms with van der Waals surface area (Å²) in [7, 11) is 0. The summed E-state index contributed by atoms with van der Waals surface area (Å²) >= 11 is 6.06. The van der Waals surface area contributed by atoms with Crippen LogP contribution < -0.4 is 0 Å². The minimum absolute atomic E-state index is 0.128. The second-order valence-electron chi connectivity index (χ2n) is 4.07. The molecular formula is C11H11ClN4O2. The Morgan fingerprint density at radius 2 is 2.17 bits per heavy atom. The fourth-order valence-corrected chi connectivity index (χ4v) is 1.80. The Balaban J connectivity index is 2.51. The predicted molar refractivity (Wildman–Crippen MR) is 65.2 cm³/mol. The van der Waals surface area contributed by atoms with Crippen molar-refractivity contribution in [2.45, 2.75) is 19.8 Å². The molecule has 0 amide bonds. The van der Waals surface area contributed by atoms with Crippen LogP contribution in [0.15, 0.2) is 18.2 Å². The largest absolute Gasteiger partial charge is 0.478 e. The van der Waals surface area contributed by atoms with Crippen molar-refractivity contribution in [2.24, 2.45) is 0 Å². The molecule has 1 N–H and O–H groups in total. The van der Waals surface area contributed by atoms with E-state index < -0.39 is 5.97 Å². The van der Waals surface area contributed by atoms with Gasteiger partial charge in [-0.1, -0.05) is 25.4 Å². The zero-order chi connectivity index (χ0) is 13.3. The van der Waals surface area contributed by atoms with E-state index in [-0.39, 0.29) is 11.5 Å². The van der Waals surface area contributed by atoms with Crippen LogP contribution in [0.5, 0.6) is 0 Å². The Labute approximate surface area is 108 Å². The van der Waals surface area contributed by atoms with E-state index in [1.165, 1.54) is 16.8 Å². The molecule has 1 aromatic carbocycles. The molecule has 2 aromatic rings. The number of aromatic carboxylic acids is 1. The van der Waals surface area contributed by atoms with Gasteiger partial charge in [-0.2, -0.15) is 4.68 Å². The Morgan fingerprint density at radius 3 is 2.72 bits per heavy atom. The third kappa shape index (κ3) is 2.19. The molecule has 0 spiro atoms. The number of halogens is 1. The normalized spacial score (nSPS) is 10.9. The van der Waals surface area contributed by atoms with Crippen LogP contribution in [0.25, 0.3) is 5.69 Å². The summed E-state index contributed by atoms with van der Waals surface area (Å²) in [5.41, 5.74) is 0.693. The van der Waals surface area contributed by atoms with Crippen molar-refractivity contribution in [3.63, 3.8) is 0 Å². The lowest BCUT2D eigenvalue weighted by Crippen LogP contribution is -2.06. The highest BCUT2D eigenvalue weighted by Gasteiger charge is 2.15. The first kappa shape index (κ1) is 12.5. The molecule has 0 aliphatic rings. The van der Waals surface area contributed by atoms with Crippen molar-refractivity contribution in [3.8, 4) is 5.69 Å². The lowest BCUT2D eigenvalue weighted by Gasteiger charge is -2.08. The molecule has 0 unspecified atom stereocenters. The fraction of sp³-hybridized carbons (Fsp3) is 0.273. The molecule has 1 aromatic heterocycles. The quantitative estimate of drug-likeness (QED) is 0.920. The van der Waals surface area contributed by atoms with E-state index in [0.717, 1.165) is 0 Å². The van der Waals surface area contributed by atoms with Crippen molar-refractivity contribution in [1.29, 1.82) is 0 Å². The molecule has 1 heterocycles. The standard InChI is InChI=1S/C11H11ClN4O2/c1-6(2)10-13-14-15-16(10)9-4-3-7(11(17)18)5-8(9)12/h3-6H,1-2H3,(H,17,18). The number of benzene rings is 1. The van der Waals surface area contributed by atoms with Gasteiger partial charge < -0.3 is 5.11 Å². The van der Waals surface area contributed by atoms with Crippen LogP contribution in [0.2, 0.25) is 5.02 Å². The van der Waals surface area contributed by atoms with E-state index in [4.69, 9.17) is 16.7 Å². The maximum Gasteiger partial charge on any atom is 0.335 e. The number of tetrazole rings is 1. The van der Waals surface area contributed by atoms with E-state index in [9.17, 15) is 4.79 Å². The van der Waals surface area contributed by atoms with E-state index in [2.05, 4.69) is 15.5 Å². The average molecular weight is 267 g/mol. The second-order valence-corrected chi connectivity index (χ2v) is 4.48. The first-order valence-corrected chi connectivity index (χ1v) is 5.70. The van der Waals surface area contributed by atoms with Gasteiger partial charge in [0.15, 0.2) is 5.82 Å². The zero-order valence-corrected chi connectivity index (χ0v) is 10.6. The SMILES string of the molecule is CC(C)c1nnnn1-c1ccc(C(=O)O)cc1Cl. The number of carboxylic acid groups (broad SMARTS) is 1. The zero-order valence-electron chi connectivity index (χ0n) is 9.83. The highest BCUT2D eigenvalue weighted by molar-refractivity contribution is 6.32. The number of carboxylic acids is 1. The van der Waals surface area contributed by atoms with Crippen LogP contribution in [0, 0.1) is 0 Å². The summed E-state index contributed by atoms with van der Waals surface area (Å²) in [6, 6.07) is 4.44. The summed E-state index contributed by atoms with van der Waals surface area (Å²) < 4.78 is 1.51. The third-order valence-electron chi connectivity index (χ3n) is 2.43. The molecule has 2 rings (SSSR count). The summed E-state index contributed by atoms with van der Waals surface area (Å²) in [5.74, 6) is -0.223. The Kier molecular flexibility index (Phi) is 3.29. The lowest BCUT2D eigenvalue weighted by atomic mass is 10.2. The van der Waals surface area contributed by atoms with Crippen LogP contribution in [-0.4, -0.2) is 31.3 Å². The van der Waals surface area contributed by atoms with Gasteiger partial charge in [-0.05, 0) is 28.6 Å². The van der Waals surface area contributed by atoms with Crippen LogP contribution in [0.1, 0.15) is 35.9 Å². The number of carbonyl (C=O) groups is 1. The molecule has 0 atom stereocenters. The maximum absolute atomic E-state index is 10.8. The lowest BCUT2D eigenvalue weighted by molar-refractivity contribution is 0.0697.